The average Bonchev–Trinajstić information content (AvgIpc) is 3.00. The molecule has 0 amide bonds. The Kier molecular flexibility index (Phi) is 3.79. The molecule has 124 valence electrons. The molecule has 23 heavy (non-hydrogen) atoms. The Morgan fingerprint density at radius 1 is 1.22 bits per heavy atom. The third-order valence-corrected chi connectivity index (χ3v) is 5.11. The van der Waals surface area contributed by atoms with E-state index in [1.54, 1.807) is 0 Å². The molecule has 0 atom stereocenters. The molecule has 0 radical (unpaired) electrons. The highest BCUT2D eigenvalue weighted by atomic mass is 16.7. The zero-order valence-electron chi connectivity index (χ0n) is 13.8. The monoisotopic (exact) mass is 315 g/mol. The van der Waals surface area contributed by atoms with E-state index in [-0.39, 0.29) is 5.41 Å². The van der Waals surface area contributed by atoms with Crippen LogP contribution < -0.4 is 14.8 Å². The Hall–Kier alpha value is -1.91. The first kappa shape index (κ1) is 14.7. The molecule has 5 nitrogen and oxygen atoms in total. The molecular formula is C18H25N3O2. The molecule has 2 aliphatic heterocycles. The van der Waals surface area contributed by atoms with Crippen LogP contribution in [0.5, 0.6) is 11.5 Å². The fourth-order valence-electron chi connectivity index (χ4n) is 3.50. The second kappa shape index (κ2) is 5.95. The highest BCUT2D eigenvalue weighted by molar-refractivity contribution is 5.80. The van der Waals surface area contributed by atoms with Crippen molar-refractivity contribution in [3.05, 3.63) is 23.8 Å². The Bertz CT molecular complexity index is 604. The number of likely N-dealkylation sites (tertiary alicyclic amines) is 1. The maximum atomic E-state index is 5.53. The number of guanidine groups is 1. The molecule has 1 N–H and O–H groups in total. The van der Waals surface area contributed by atoms with Crippen LogP contribution in [0.4, 0.5) is 0 Å². The molecule has 4 rings (SSSR count). The largest absolute Gasteiger partial charge is 0.454 e. The second-order valence-electron chi connectivity index (χ2n) is 6.71. The van der Waals surface area contributed by atoms with E-state index >= 15 is 0 Å². The van der Waals surface area contributed by atoms with Gasteiger partial charge in [0.1, 0.15) is 0 Å². The van der Waals surface area contributed by atoms with Crippen molar-refractivity contribution >= 4 is 5.96 Å². The van der Waals surface area contributed by atoms with Crippen LogP contribution in [-0.2, 0) is 5.41 Å². The summed E-state index contributed by atoms with van der Waals surface area (Å²) in [6.45, 7) is 6.50. The maximum Gasteiger partial charge on any atom is 0.231 e. The van der Waals surface area contributed by atoms with Crippen LogP contribution in [0, 0.1) is 0 Å². The normalized spacial score (nSPS) is 21.6. The molecule has 1 saturated heterocycles. The number of nitrogens with zero attached hydrogens (tertiary/aromatic N) is 2. The van der Waals surface area contributed by atoms with E-state index < -0.39 is 0 Å². The van der Waals surface area contributed by atoms with E-state index in [2.05, 4.69) is 29.3 Å². The van der Waals surface area contributed by atoms with Gasteiger partial charge in [-0.25, -0.2) is 0 Å². The van der Waals surface area contributed by atoms with Crippen molar-refractivity contribution in [1.29, 1.82) is 0 Å². The second-order valence-corrected chi connectivity index (χ2v) is 6.71. The van der Waals surface area contributed by atoms with Gasteiger partial charge in [-0.2, -0.15) is 0 Å². The molecule has 2 fully saturated rings. The molecule has 0 aromatic heterocycles. The van der Waals surface area contributed by atoms with Gasteiger partial charge in [0.25, 0.3) is 0 Å². The van der Waals surface area contributed by atoms with Gasteiger partial charge in [0.2, 0.25) is 6.79 Å². The summed E-state index contributed by atoms with van der Waals surface area (Å²) >= 11 is 0. The number of hydrogen-bond acceptors (Lipinski definition) is 3. The van der Waals surface area contributed by atoms with Crippen molar-refractivity contribution in [2.45, 2.75) is 38.0 Å². The van der Waals surface area contributed by atoms with E-state index in [1.807, 2.05) is 6.07 Å². The summed E-state index contributed by atoms with van der Waals surface area (Å²) in [5, 5.41) is 3.45. The predicted molar refractivity (Wildman–Crippen MR) is 90.3 cm³/mol. The highest BCUT2D eigenvalue weighted by Gasteiger charge is 2.45. The van der Waals surface area contributed by atoms with E-state index in [0.29, 0.717) is 6.79 Å². The molecule has 5 heteroatoms. The zero-order chi connectivity index (χ0) is 15.7. The van der Waals surface area contributed by atoms with E-state index in [9.17, 15) is 0 Å². The minimum atomic E-state index is 0.196. The van der Waals surface area contributed by atoms with Gasteiger partial charge in [0.05, 0.1) is 6.54 Å². The van der Waals surface area contributed by atoms with Gasteiger partial charge in [0.15, 0.2) is 17.5 Å². The van der Waals surface area contributed by atoms with Crippen molar-refractivity contribution in [2.75, 3.05) is 33.0 Å². The molecule has 0 spiro atoms. The molecule has 1 saturated carbocycles. The van der Waals surface area contributed by atoms with Crippen LogP contribution in [0.1, 0.15) is 38.2 Å². The number of ether oxygens (including phenoxy) is 2. The van der Waals surface area contributed by atoms with Crippen LogP contribution >= 0.6 is 0 Å². The molecule has 0 unspecified atom stereocenters. The Balaban J connectivity index is 1.51. The minimum Gasteiger partial charge on any atom is -0.454 e. The third-order valence-electron chi connectivity index (χ3n) is 5.11. The van der Waals surface area contributed by atoms with Crippen LogP contribution in [-0.4, -0.2) is 43.8 Å². The number of nitrogens with one attached hydrogen (secondary N) is 1. The summed E-state index contributed by atoms with van der Waals surface area (Å²) in [5.74, 6) is 2.82. The SMILES string of the molecule is CCNC(=NCC1(c2ccc3c(c2)OCO3)CC1)N1CCCC1. The van der Waals surface area contributed by atoms with E-state index in [4.69, 9.17) is 14.5 Å². The van der Waals surface area contributed by atoms with Crippen molar-refractivity contribution < 1.29 is 9.47 Å². The van der Waals surface area contributed by atoms with Gasteiger partial charge in [-0.3, -0.25) is 4.99 Å². The fourth-order valence-corrected chi connectivity index (χ4v) is 3.50. The lowest BCUT2D eigenvalue weighted by Gasteiger charge is -2.22. The molecular weight excluding hydrogens is 290 g/mol. The van der Waals surface area contributed by atoms with Crippen LogP contribution in [0.25, 0.3) is 0 Å². The Morgan fingerprint density at radius 2 is 2.00 bits per heavy atom. The lowest BCUT2D eigenvalue weighted by molar-refractivity contribution is 0.174. The summed E-state index contributed by atoms with van der Waals surface area (Å²) < 4.78 is 10.9. The summed E-state index contributed by atoms with van der Waals surface area (Å²) in [6.07, 6.45) is 4.96. The van der Waals surface area contributed by atoms with Crippen LogP contribution in [0.3, 0.4) is 0 Å². The van der Waals surface area contributed by atoms with Gasteiger partial charge in [0, 0.05) is 25.0 Å². The van der Waals surface area contributed by atoms with Crippen molar-refractivity contribution in [2.24, 2.45) is 4.99 Å². The van der Waals surface area contributed by atoms with Crippen LogP contribution in [0.2, 0.25) is 0 Å². The third kappa shape index (κ3) is 2.84. The maximum absolute atomic E-state index is 5.53. The van der Waals surface area contributed by atoms with E-state index in [1.165, 1.54) is 31.2 Å². The summed E-state index contributed by atoms with van der Waals surface area (Å²) in [5.41, 5.74) is 1.53. The lowest BCUT2D eigenvalue weighted by atomic mass is 9.96. The van der Waals surface area contributed by atoms with Gasteiger partial charge in [-0.05, 0) is 50.3 Å². The summed E-state index contributed by atoms with van der Waals surface area (Å²) in [6, 6.07) is 6.36. The minimum absolute atomic E-state index is 0.196. The highest BCUT2D eigenvalue weighted by Crippen LogP contribution is 2.50. The molecule has 2 heterocycles. The number of rotatable bonds is 4. The van der Waals surface area contributed by atoms with Gasteiger partial charge in [-0.15, -0.1) is 0 Å². The zero-order valence-corrected chi connectivity index (χ0v) is 13.8. The molecule has 1 aliphatic carbocycles. The summed E-state index contributed by atoms with van der Waals surface area (Å²) in [4.78, 5) is 7.35. The van der Waals surface area contributed by atoms with Crippen LogP contribution in [0.15, 0.2) is 23.2 Å². The van der Waals surface area contributed by atoms with Gasteiger partial charge in [-0.1, -0.05) is 6.07 Å². The first-order valence-corrected chi connectivity index (χ1v) is 8.74. The number of fused-ring (bicyclic) bond motifs is 1. The van der Waals surface area contributed by atoms with Gasteiger partial charge < -0.3 is 19.7 Å². The number of benzene rings is 1. The molecule has 0 bridgehead atoms. The fraction of sp³-hybridized carbons (Fsp3) is 0.611. The average molecular weight is 315 g/mol. The number of aliphatic imine (C=N–C) groups is 1. The predicted octanol–water partition coefficient (Wildman–Crippen LogP) is 2.51. The summed E-state index contributed by atoms with van der Waals surface area (Å²) in [7, 11) is 0. The Morgan fingerprint density at radius 3 is 2.74 bits per heavy atom. The Labute approximate surface area is 137 Å². The molecule has 1 aromatic carbocycles. The quantitative estimate of drug-likeness (QED) is 0.685. The van der Waals surface area contributed by atoms with E-state index in [0.717, 1.165) is 43.6 Å². The molecule has 3 aliphatic rings. The first-order valence-electron chi connectivity index (χ1n) is 8.74. The number of hydrogen-bond donors (Lipinski definition) is 1. The molecule has 1 aromatic rings. The first-order chi connectivity index (χ1) is 11.3. The topological polar surface area (TPSA) is 46.1 Å². The van der Waals surface area contributed by atoms with Crippen molar-refractivity contribution in [3.63, 3.8) is 0 Å². The van der Waals surface area contributed by atoms with Crippen molar-refractivity contribution in [1.82, 2.24) is 10.2 Å². The standard InChI is InChI=1S/C18H25N3O2/c1-2-19-17(21-9-3-4-10-21)20-12-18(7-8-18)14-5-6-15-16(11-14)23-13-22-15/h5-6,11H,2-4,7-10,12-13H2,1H3,(H,19,20). The lowest BCUT2D eigenvalue weighted by Crippen LogP contribution is -2.40. The smallest absolute Gasteiger partial charge is 0.231 e. The van der Waals surface area contributed by atoms with Gasteiger partial charge >= 0.3 is 0 Å². The van der Waals surface area contributed by atoms with Crippen molar-refractivity contribution in [3.8, 4) is 11.5 Å².